The van der Waals surface area contributed by atoms with Crippen LogP contribution in [0.4, 0.5) is 5.82 Å². The molecule has 2 N–H and O–H groups in total. The molecule has 1 aliphatic rings. The number of hydrogen-bond donors (Lipinski definition) is 1. The normalized spacial score (nSPS) is 19.5. The van der Waals surface area contributed by atoms with E-state index in [4.69, 9.17) is 5.73 Å². The Hall–Kier alpha value is -0.990. The van der Waals surface area contributed by atoms with Crippen LogP contribution in [0.25, 0.3) is 0 Å². The molecule has 0 saturated heterocycles. The molecule has 0 radical (unpaired) electrons. The number of anilines is 1. The van der Waals surface area contributed by atoms with Crippen molar-refractivity contribution in [3.63, 3.8) is 0 Å². The molecule has 0 aliphatic heterocycles. The Kier molecular flexibility index (Phi) is 1.60. The number of rotatable bonds is 2. The molecular weight excluding hydrogens is 150 g/mol. The minimum Gasteiger partial charge on any atom is -0.382 e. The average molecular weight is 165 g/mol. The summed E-state index contributed by atoms with van der Waals surface area (Å²) in [6, 6.07) is 2.46. The fourth-order valence-electron chi connectivity index (χ4n) is 1.70. The van der Waals surface area contributed by atoms with E-state index in [1.54, 1.807) is 0 Å². The summed E-state index contributed by atoms with van der Waals surface area (Å²) in [5, 5.41) is 4.27. The van der Waals surface area contributed by atoms with Gasteiger partial charge in [0, 0.05) is 11.8 Å². The maximum atomic E-state index is 5.61. The Bertz CT molecular complexity index is 286. The summed E-state index contributed by atoms with van der Waals surface area (Å²) in [5.41, 5.74) is 6.78. The van der Waals surface area contributed by atoms with E-state index in [2.05, 4.69) is 18.9 Å². The van der Waals surface area contributed by atoms with Gasteiger partial charge in [0.2, 0.25) is 0 Å². The quantitative estimate of drug-likeness (QED) is 0.725. The van der Waals surface area contributed by atoms with E-state index in [0.717, 1.165) is 5.92 Å². The fraction of sp³-hybridized carbons (Fsp3) is 0.667. The molecule has 1 aliphatic carbocycles. The highest BCUT2D eigenvalue weighted by Crippen LogP contribution is 2.39. The van der Waals surface area contributed by atoms with Crippen LogP contribution in [0, 0.1) is 12.8 Å². The van der Waals surface area contributed by atoms with Crippen LogP contribution in [0.5, 0.6) is 0 Å². The van der Waals surface area contributed by atoms with Crippen LogP contribution in [0.3, 0.4) is 0 Å². The molecular formula is C9H15N3. The maximum absolute atomic E-state index is 5.61. The Balaban J connectivity index is 2.25. The summed E-state index contributed by atoms with van der Waals surface area (Å²) in [6.07, 6.45) is 2.70. The van der Waals surface area contributed by atoms with Gasteiger partial charge in [0.1, 0.15) is 5.82 Å². The third kappa shape index (κ3) is 1.19. The SMILES string of the molecule is Cc1cc(N)nn1C(C)C1CC1. The lowest BCUT2D eigenvalue weighted by atomic mass is 10.2. The van der Waals surface area contributed by atoms with Gasteiger partial charge >= 0.3 is 0 Å². The first-order chi connectivity index (χ1) is 5.68. The van der Waals surface area contributed by atoms with Crippen LogP contribution in [0.1, 0.15) is 31.5 Å². The lowest BCUT2D eigenvalue weighted by Gasteiger charge is -2.12. The second-order valence-electron chi connectivity index (χ2n) is 3.73. The molecule has 3 nitrogen and oxygen atoms in total. The molecule has 0 bridgehead atoms. The van der Waals surface area contributed by atoms with Gasteiger partial charge < -0.3 is 5.73 Å². The van der Waals surface area contributed by atoms with Gasteiger partial charge in [-0.3, -0.25) is 4.68 Å². The van der Waals surface area contributed by atoms with E-state index in [-0.39, 0.29) is 0 Å². The van der Waals surface area contributed by atoms with Crippen molar-refractivity contribution in [2.45, 2.75) is 32.7 Å². The molecule has 0 amide bonds. The van der Waals surface area contributed by atoms with Gasteiger partial charge in [-0.05, 0) is 32.6 Å². The summed E-state index contributed by atoms with van der Waals surface area (Å²) >= 11 is 0. The van der Waals surface area contributed by atoms with Crippen molar-refractivity contribution in [3.8, 4) is 0 Å². The highest BCUT2D eigenvalue weighted by molar-refractivity contribution is 5.29. The Morgan fingerprint density at radius 3 is 2.75 bits per heavy atom. The van der Waals surface area contributed by atoms with Crippen LogP contribution in [-0.4, -0.2) is 9.78 Å². The molecule has 2 rings (SSSR count). The van der Waals surface area contributed by atoms with Crippen molar-refractivity contribution in [2.24, 2.45) is 5.92 Å². The van der Waals surface area contributed by atoms with Gasteiger partial charge in [-0.15, -0.1) is 0 Å². The molecule has 1 atom stereocenters. The first-order valence-corrected chi connectivity index (χ1v) is 4.50. The molecule has 0 aromatic carbocycles. The Morgan fingerprint density at radius 2 is 2.33 bits per heavy atom. The summed E-state index contributed by atoms with van der Waals surface area (Å²) in [5.74, 6) is 1.48. The number of aromatic nitrogens is 2. The third-order valence-corrected chi connectivity index (χ3v) is 2.63. The van der Waals surface area contributed by atoms with E-state index in [1.165, 1.54) is 18.5 Å². The first-order valence-electron chi connectivity index (χ1n) is 4.50. The van der Waals surface area contributed by atoms with Crippen molar-refractivity contribution in [1.29, 1.82) is 0 Å². The summed E-state index contributed by atoms with van der Waals surface area (Å²) in [6.45, 7) is 4.28. The zero-order valence-electron chi connectivity index (χ0n) is 7.62. The van der Waals surface area contributed by atoms with Crippen molar-refractivity contribution in [2.75, 3.05) is 5.73 Å². The molecule has 1 fully saturated rings. The summed E-state index contributed by atoms with van der Waals surface area (Å²) < 4.78 is 2.05. The highest BCUT2D eigenvalue weighted by Gasteiger charge is 2.30. The van der Waals surface area contributed by atoms with Crippen LogP contribution in [0.15, 0.2) is 6.07 Å². The van der Waals surface area contributed by atoms with Gasteiger partial charge in [0.25, 0.3) is 0 Å². The number of nitrogens with two attached hydrogens (primary N) is 1. The zero-order chi connectivity index (χ0) is 8.72. The van der Waals surface area contributed by atoms with E-state index in [1.807, 2.05) is 10.7 Å². The van der Waals surface area contributed by atoms with E-state index in [0.29, 0.717) is 11.9 Å². The van der Waals surface area contributed by atoms with E-state index >= 15 is 0 Å². The molecule has 66 valence electrons. The molecule has 1 heterocycles. The van der Waals surface area contributed by atoms with Gasteiger partial charge in [-0.25, -0.2) is 0 Å². The molecule has 12 heavy (non-hydrogen) atoms. The van der Waals surface area contributed by atoms with Crippen LogP contribution in [-0.2, 0) is 0 Å². The second-order valence-corrected chi connectivity index (χ2v) is 3.73. The zero-order valence-corrected chi connectivity index (χ0v) is 7.62. The predicted molar refractivity (Wildman–Crippen MR) is 48.8 cm³/mol. The third-order valence-electron chi connectivity index (χ3n) is 2.63. The summed E-state index contributed by atoms with van der Waals surface area (Å²) in [7, 11) is 0. The van der Waals surface area contributed by atoms with E-state index in [9.17, 15) is 0 Å². The molecule has 1 saturated carbocycles. The largest absolute Gasteiger partial charge is 0.382 e. The fourth-order valence-corrected chi connectivity index (χ4v) is 1.70. The van der Waals surface area contributed by atoms with Crippen molar-refractivity contribution in [1.82, 2.24) is 9.78 Å². The standard InChI is InChI=1S/C9H15N3/c1-6-5-9(10)11-12(6)7(2)8-3-4-8/h5,7-8H,3-4H2,1-2H3,(H2,10,11). The number of nitrogens with zero attached hydrogens (tertiary/aromatic N) is 2. The molecule has 3 heteroatoms. The lowest BCUT2D eigenvalue weighted by Crippen LogP contribution is -2.10. The van der Waals surface area contributed by atoms with Crippen LogP contribution < -0.4 is 5.73 Å². The molecule has 0 spiro atoms. The second kappa shape index (κ2) is 2.51. The monoisotopic (exact) mass is 165 g/mol. The number of aryl methyl sites for hydroxylation is 1. The smallest absolute Gasteiger partial charge is 0.145 e. The number of hydrogen-bond acceptors (Lipinski definition) is 2. The Labute approximate surface area is 72.6 Å². The van der Waals surface area contributed by atoms with Crippen LogP contribution >= 0.6 is 0 Å². The minimum atomic E-state index is 0.530. The minimum absolute atomic E-state index is 0.530. The first kappa shape index (κ1) is 7.65. The maximum Gasteiger partial charge on any atom is 0.145 e. The van der Waals surface area contributed by atoms with E-state index < -0.39 is 0 Å². The topological polar surface area (TPSA) is 43.8 Å². The average Bonchev–Trinajstić information content (AvgIpc) is 2.77. The Morgan fingerprint density at radius 1 is 1.67 bits per heavy atom. The molecule has 1 aromatic rings. The van der Waals surface area contributed by atoms with Gasteiger partial charge in [0.15, 0.2) is 0 Å². The van der Waals surface area contributed by atoms with Gasteiger partial charge in [-0.2, -0.15) is 5.10 Å². The van der Waals surface area contributed by atoms with Gasteiger partial charge in [-0.1, -0.05) is 0 Å². The van der Waals surface area contributed by atoms with Crippen molar-refractivity contribution >= 4 is 5.82 Å². The van der Waals surface area contributed by atoms with Gasteiger partial charge in [0.05, 0.1) is 6.04 Å². The lowest BCUT2D eigenvalue weighted by molar-refractivity contribution is 0.432. The number of nitrogen functional groups attached to an aromatic ring is 1. The molecule has 1 aromatic heterocycles. The van der Waals surface area contributed by atoms with Crippen molar-refractivity contribution in [3.05, 3.63) is 11.8 Å². The highest BCUT2D eigenvalue weighted by atomic mass is 15.3. The van der Waals surface area contributed by atoms with Crippen molar-refractivity contribution < 1.29 is 0 Å². The molecule has 1 unspecified atom stereocenters. The summed E-state index contributed by atoms with van der Waals surface area (Å²) in [4.78, 5) is 0. The van der Waals surface area contributed by atoms with Crippen LogP contribution in [0.2, 0.25) is 0 Å². The predicted octanol–water partition coefficient (Wildman–Crippen LogP) is 1.74.